The number of methoxy groups -OCH3 is 1. The molecule has 0 radical (unpaired) electrons. The van der Waals surface area contributed by atoms with Crippen LogP contribution < -0.4 is 4.74 Å². The van der Waals surface area contributed by atoms with Crippen LogP contribution in [0.25, 0.3) is 10.1 Å². The Bertz CT molecular complexity index is 747. The predicted octanol–water partition coefficient (Wildman–Crippen LogP) is 3.73. The highest BCUT2D eigenvalue weighted by atomic mass is 32.1. The lowest BCUT2D eigenvalue weighted by atomic mass is 10.0. The maximum Gasteiger partial charge on any atom is 0.212 e. The number of benzene rings is 1. The Labute approximate surface area is 120 Å². The molecule has 0 saturated heterocycles. The Balaban J connectivity index is 1.87. The van der Waals surface area contributed by atoms with Crippen LogP contribution in [0.2, 0.25) is 0 Å². The fourth-order valence-corrected chi connectivity index (χ4v) is 3.06. The average molecular weight is 283 g/mol. The van der Waals surface area contributed by atoms with Gasteiger partial charge in [-0.15, -0.1) is 11.3 Å². The first-order valence-corrected chi connectivity index (χ1v) is 7.14. The third-order valence-corrected chi connectivity index (χ3v) is 4.11. The maximum atomic E-state index is 12.4. The molecule has 0 aliphatic rings. The molecule has 0 spiro atoms. The summed E-state index contributed by atoms with van der Waals surface area (Å²) in [5.74, 6) is 0.673. The first-order chi connectivity index (χ1) is 9.78. The van der Waals surface area contributed by atoms with Gasteiger partial charge in [-0.25, -0.2) is 4.98 Å². The van der Waals surface area contributed by atoms with Gasteiger partial charge in [0.15, 0.2) is 5.78 Å². The SMILES string of the molecule is COc1ccc(CC(=O)c2cccc3ccsc23)cn1. The van der Waals surface area contributed by atoms with Crippen molar-refractivity contribution in [3.05, 3.63) is 59.1 Å². The van der Waals surface area contributed by atoms with Gasteiger partial charge in [0.1, 0.15) is 0 Å². The minimum absolute atomic E-state index is 0.116. The van der Waals surface area contributed by atoms with E-state index in [1.807, 2.05) is 35.7 Å². The Morgan fingerprint density at radius 2 is 2.15 bits per heavy atom. The summed E-state index contributed by atoms with van der Waals surface area (Å²) in [4.78, 5) is 16.6. The second-order valence-electron chi connectivity index (χ2n) is 4.45. The molecule has 20 heavy (non-hydrogen) atoms. The quantitative estimate of drug-likeness (QED) is 0.685. The number of carbonyl (C=O) groups is 1. The number of rotatable bonds is 4. The number of thiophene rings is 1. The summed E-state index contributed by atoms with van der Waals surface area (Å²) in [5.41, 5.74) is 1.68. The highest BCUT2D eigenvalue weighted by Crippen LogP contribution is 2.25. The van der Waals surface area contributed by atoms with E-state index in [9.17, 15) is 4.79 Å². The normalized spacial score (nSPS) is 10.7. The summed E-state index contributed by atoms with van der Waals surface area (Å²) in [5, 5.41) is 3.13. The third-order valence-electron chi connectivity index (χ3n) is 3.15. The van der Waals surface area contributed by atoms with E-state index in [1.165, 1.54) is 0 Å². The molecule has 0 N–H and O–H groups in total. The molecule has 0 fully saturated rings. The molecule has 0 atom stereocenters. The zero-order valence-corrected chi connectivity index (χ0v) is 11.8. The van der Waals surface area contributed by atoms with Crippen molar-refractivity contribution in [2.24, 2.45) is 0 Å². The number of hydrogen-bond donors (Lipinski definition) is 0. The summed E-state index contributed by atoms with van der Waals surface area (Å²) >= 11 is 1.60. The standard InChI is InChI=1S/C16H13NO2S/c1-19-15-6-5-11(10-17-15)9-14(18)13-4-2-3-12-7-8-20-16(12)13/h2-8,10H,9H2,1H3. The number of carbonyl (C=O) groups excluding carboxylic acids is 1. The number of hydrogen-bond acceptors (Lipinski definition) is 4. The van der Waals surface area contributed by atoms with Crippen molar-refractivity contribution in [2.75, 3.05) is 7.11 Å². The van der Waals surface area contributed by atoms with Crippen molar-refractivity contribution < 1.29 is 9.53 Å². The van der Waals surface area contributed by atoms with Crippen molar-refractivity contribution in [3.63, 3.8) is 0 Å². The predicted molar refractivity (Wildman–Crippen MR) is 80.6 cm³/mol. The molecule has 0 unspecified atom stereocenters. The molecular weight excluding hydrogens is 270 g/mol. The topological polar surface area (TPSA) is 39.2 Å². The van der Waals surface area contributed by atoms with Crippen LogP contribution in [0.1, 0.15) is 15.9 Å². The second-order valence-corrected chi connectivity index (χ2v) is 5.37. The summed E-state index contributed by atoms with van der Waals surface area (Å²) in [7, 11) is 1.57. The molecule has 3 aromatic rings. The summed E-state index contributed by atoms with van der Waals surface area (Å²) in [6.07, 6.45) is 2.04. The number of ketones is 1. The highest BCUT2D eigenvalue weighted by Gasteiger charge is 2.12. The number of fused-ring (bicyclic) bond motifs is 1. The lowest BCUT2D eigenvalue weighted by Crippen LogP contribution is -2.04. The molecular formula is C16H13NO2S. The molecule has 2 heterocycles. The van der Waals surface area contributed by atoms with E-state index in [1.54, 1.807) is 30.7 Å². The van der Waals surface area contributed by atoms with Gasteiger partial charge in [0.05, 0.1) is 7.11 Å². The van der Waals surface area contributed by atoms with Crippen molar-refractivity contribution in [3.8, 4) is 5.88 Å². The summed E-state index contributed by atoms with van der Waals surface area (Å²) in [6.45, 7) is 0. The van der Waals surface area contributed by atoms with Crippen LogP contribution >= 0.6 is 11.3 Å². The van der Waals surface area contributed by atoms with E-state index in [2.05, 4.69) is 4.98 Å². The fourth-order valence-electron chi connectivity index (χ4n) is 2.13. The van der Waals surface area contributed by atoms with Crippen LogP contribution in [-0.4, -0.2) is 17.9 Å². The molecule has 0 amide bonds. The third kappa shape index (κ3) is 2.42. The molecule has 3 rings (SSSR count). The van der Waals surface area contributed by atoms with Gasteiger partial charge in [0, 0.05) is 28.9 Å². The Morgan fingerprint density at radius 3 is 2.90 bits per heavy atom. The van der Waals surface area contributed by atoms with Crippen LogP contribution in [0.5, 0.6) is 5.88 Å². The first-order valence-electron chi connectivity index (χ1n) is 6.26. The van der Waals surface area contributed by atoms with E-state index >= 15 is 0 Å². The van der Waals surface area contributed by atoms with Crippen molar-refractivity contribution in [1.29, 1.82) is 0 Å². The zero-order chi connectivity index (χ0) is 13.9. The van der Waals surface area contributed by atoms with E-state index < -0.39 is 0 Å². The van der Waals surface area contributed by atoms with Gasteiger partial charge >= 0.3 is 0 Å². The van der Waals surface area contributed by atoms with E-state index in [0.29, 0.717) is 12.3 Å². The van der Waals surface area contributed by atoms with E-state index in [-0.39, 0.29) is 5.78 Å². The van der Waals surface area contributed by atoms with Gasteiger partial charge in [-0.05, 0) is 28.5 Å². The number of pyridine rings is 1. The zero-order valence-electron chi connectivity index (χ0n) is 11.0. The number of aromatic nitrogens is 1. The van der Waals surface area contributed by atoms with Crippen LogP contribution in [0.4, 0.5) is 0 Å². The van der Waals surface area contributed by atoms with Crippen LogP contribution in [-0.2, 0) is 6.42 Å². The minimum Gasteiger partial charge on any atom is -0.481 e. The van der Waals surface area contributed by atoms with Crippen LogP contribution in [0.3, 0.4) is 0 Å². The molecule has 100 valence electrons. The fraction of sp³-hybridized carbons (Fsp3) is 0.125. The van der Waals surface area contributed by atoms with Crippen LogP contribution in [0, 0.1) is 0 Å². The maximum absolute atomic E-state index is 12.4. The highest BCUT2D eigenvalue weighted by molar-refractivity contribution is 7.17. The van der Waals surface area contributed by atoms with Gasteiger partial charge in [-0.2, -0.15) is 0 Å². The number of Topliss-reactive ketones (excluding diaryl/α,β-unsaturated/α-hetero) is 1. The molecule has 0 aliphatic carbocycles. The molecule has 1 aromatic carbocycles. The Morgan fingerprint density at radius 1 is 1.25 bits per heavy atom. The van der Waals surface area contributed by atoms with Gasteiger partial charge in [0.2, 0.25) is 5.88 Å². The van der Waals surface area contributed by atoms with Crippen LogP contribution in [0.15, 0.2) is 48.0 Å². The second kappa shape index (κ2) is 5.43. The van der Waals surface area contributed by atoms with Crippen molar-refractivity contribution in [2.45, 2.75) is 6.42 Å². The average Bonchev–Trinajstić information content (AvgIpc) is 2.96. The number of ether oxygens (including phenoxy) is 1. The lowest BCUT2D eigenvalue weighted by Gasteiger charge is -2.04. The largest absolute Gasteiger partial charge is 0.481 e. The van der Waals surface area contributed by atoms with Crippen molar-refractivity contribution >= 4 is 27.2 Å². The lowest BCUT2D eigenvalue weighted by molar-refractivity contribution is 0.0994. The molecule has 0 bridgehead atoms. The van der Waals surface area contributed by atoms with Crippen molar-refractivity contribution in [1.82, 2.24) is 4.98 Å². The monoisotopic (exact) mass is 283 g/mol. The van der Waals surface area contributed by atoms with E-state index in [4.69, 9.17) is 4.74 Å². The smallest absolute Gasteiger partial charge is 0.212 e. The summed E-state index contributed by atoms with van der Waals surface area (Å²) in [6, 6.07) is 11.5. The Hall–Kier alpha value is -2.20. The molecule has 0 saturated carbocycles. The Kier molecular flexibility index (Phi) is 3.48. The van der Waals surface area contributed by atoms with Gasteiger partial charge in [-0.1, -0.05) is 18.2 Å². The molecule has 4 heteroatoms. The molecule has 2 aromatic heterocycles. The number of nitrogens with zero attached hydrogens (tertiary/aromatic N) is 1. The van der Waals surface area contributed by atoms with Gasteiger partial charge in [0.25, 0.3) is 0 Å². The molecule has 0 aliphatic heterocycles. The minimum atomic E-state index is 0.116. The first kappa shape index (κ1) is 12.8. The summed E-state index contributed by atoms with van der Waals surface area (Å²) < 4.78 is 6.07. The molecule has 3 nitrogen and oxygen atoms in total. The van der Waals surface area contributed by atoms with Gasteiger partial charge in [-0.3, -0.25) is 4.79 Å². The van der Waals surface area contributed by atoms with E-state index in [0.717, 1.165) is 21.2 Å². The van der Waals surface area contributed by atoms with Gasteiger partial charge < -0.3 is 4.74 Å².